The number of sulfonamides is 1. The van der Waals surface area contributed by atoms with E-state index in [-0.39, 0.29) is 43.9 Å². The number of nitrogens with zero attached hydrogens (tertiary/aromatic N) is 2. The van der Waals surface area contributed by atoms with Crippen molar-refractivity contribution in [1.82, 2.24) is 9.21 Å². The molecule has 2 atom stereocenters. The Bertz CT molecular complexity index is 891. The molecule has 0 aromatic heterocycles. The predicted octanol–water partition coefficient (Wildman–Crippen LogP) is 3.91. The standard InChI is InChI=1S/C19H22F6N2O3S/c20-18(21,22)13-5-7-14(8-6-13)31(29,30)27-11-9-26(10-12-27)17(28)15-3-1-2-4-16(15)19(23,24)25/h5-8,15-16H,1-4,9-12H2. The van der Waals surface area contributed by atoms with Gasteiger partial charge in [0.2, 0.25) is 15.9 Å². The van der Waals surface area contributed by atoms with E-state index in [1.165, 1.54) is 4.90 Å². The second kappa shape index (κ2) is 8.61. The van der Waals surface area contributed by atoms with Gasteiger partial charge in [0.15, 0.2) is 0 Å². The second-order valence-electron chi connectivity index (χ2n) is 7.79. The molecule has 2 fully saturated rings. The fourth-order valence-corrected chi connectivity index (χ4v) is 5.59. The van der Waals surface area contributed by atoms with E-state index in [0.29, 0.717) is 25.0 Å². The highest BCUT2D eigenvalue weighted by molar-refractivity contribution is 7.89. The molecule has 1 aromatic carbocycles. The molecule has 0 spiro atoms. The van der Waals surface area contributed by atoms with Gasteiger partial charge in [0.1, 0.15) is 0 Å². The van der Waals surface area contributed by atoms with E-state index in [4.69, 9.17) is 0 Å². The van der Waals surface area contributed by atoms with Gasteiger partial charge in [0.05, 0.1) is 16.4 Å². The van der Waals surface area contributed by atoms with Gasteiger partial charge in [-0.05, 0) is 37.1 Å². The van der Waals surface area contributed by atoms with Crippen molar-refractivity contribution in [3.8, 4) is 0 Å². The Morgan fingerprint density at radius 2 is 1.42 bits per heavy atom. The summed E-state index contributed by atoms with van der Waals surface area (Å²) >= 11 is 0. The van der Waals surface area contributed by atoms with Crippen LogP contribution in [0.3, 0.4) is 0 Å². The SMILES string of the molecule is O=C(C1CCCCC1C(F)(F)F)N1CCN(S(=O)(=O)c2ccc(C(F)(F)F)cc2)CC1. The summed E-state index contributed by atoms with van der Waals surface area (Å²) in [6, 6.07) is 3.08. The fraction of sp³-hybridized carbons (Fsp3) is 0.632. The summed E-state index contributed by atoms with van der Waals surface area (Å²) in [7, 11) is -4.08. The maximum atomic E-state index is 13.3. The Morgan fingerprint density at radius 3 is 1.94 bits per heavy atom. The summed E-state index contributed by atoms with van der Waals surface area (Å²) < 4.78 is 104. The van der Waals surface area contributed by atoms with Crippen LogP contribution >= 0.6 is 0 Å². The molecule has 31 heavy (non-hydrogen) atoms. The van der Waals surface area contributed by atoms with Crippen LogP contribution in [0.5, 0.6) is 0 Å². The smallest absolute Gasteiger partial charge is 0.340 e. The third kappa shape index (κ3) is 5.16. The average molecular weight is 472 g/mol. The van der Waals surface area contributed by atoms with Crippen molar-refractivity contribution < 1.29 is 39.6 Å². The van der Waals surface area contributed by atoms with E-state index in [9.17, 15) is 39.6 Å². The third-order valence-corrected chi connectivity index (χ3v) is 7.79. The highest BCUT2D eigenvalue weighted by Crippen LogP contribution is 2.42. The van der Waals surface area contributed by atoms with Crippen LogP contribution < -0.4 is 0 Å². The molecule has 1 aliphatic heterocycles. The lowest BCUT2D eigenvalue weighted by molar-refractivity contribution is -0.201. The molecule has 1 saturated heterocycles. The van der Waals surface area contributed by atoms with Crippen molar-refractivity contribution in [2.24, 2.45) is 11.8 Å². The van der Waals surface area contributed by atoms with E-state index in [1.807, 2.05) is 0 Å². The van der Waals surface area contributed by atoms with Crippen molar-refractivity contribution in [3.63, 3.8) is 0 Å². The average Bonchev–Trinajstić information content (AvgIpc) is 2.72. The zero-order chi connectivity index (χ0) is 23.0. The molecule has 0 radical (unpaired) electrons. The first-order chi connectivity index (χ1) is 14.3. The van der Waals surface area contributed by atoms with Crippen molar-refractivity contribution in [2.45, 2.75) is 42.9 Å². The number of piperazine rings is 1. The van der Waals surface area contributed by atoms with Gasteiger partial charge in [0, 0.05) is 32.1 Å². The molecule has 2 aliphatic rings. The maximum absolute atomic E-state index is 13.3. The first-order valence-electron chi connectivity index (χ1n) is 9.85. The topological polar surface area (TPSA) is 57.7 Å². The molecule has 1 saturated carbocycles. The van der Waals surface area contributed by atoms with Gasteiger partial charge in [0.25, 0.3) is 0 Å². The summed E-state index contributed by atoms with van der Waals surface area (Å²) in [5.41, 5.74) is -0.978. The molecular formula is C19H22F6N2O3S. The van der Waals surface area contributed by atoms with Gasteiger partial charge < -0.3 is 4.90 Å². The number of carbonyl (C=O) groups excluding carboxylic acids is 1. The molecule has 5 nitrogen and oxygen atoms in total. The van der Waals surface area contributed by atoms with Crippen LogP contribution in [0.2, 0.25) is 0 Å². The minimum atomic E-state index is -4.60. The summed E-state index contributed by atoms with van der Waals surface area (Å²) in [6.07, 6.45) is -8.07. The first-order valence-corrected chi connectivity index (χ1v) is 11.3. The lowest BCUT2D eigenvalue weighted by Crippen LogP contribution is -2.53. The Kier molecular flexibility index (Phi) is 6.62. The highest BCUT2D eigenvalue weighted by Gasteiger charge is 2.49. The van der Waals surface area contributed by atoms with Gasteiger partial charge in [-0.15, -0.1) is 0 Å². The van der Waals surface area contributed by atoms with Crippen LogP contribution in [0, 0.1) is 11.8 Å². The molecule has 2 unspecified atom stereocenters. The number of hydrogen-bond donors (Lipinski definition) is 0. The van der Waals surface area contributed by atoms with Crippen molar-refractivity contribution in [3.05, 3.63) is 29.8 Å². The van der Waals surface area contributed by atoms with E-state index in [0.717, 1.165) is 16.4 Å². The Morgan fingerprint density at radius 1 is 0.871 bits per heavy atom. The van der Waals surface area contributed by atoms with E-state index >= 15 is 0 Å². The van der Waals surface area contributed by atoms with Crippen LogP contribution in [0.1, 0.15) is 31.2 Å². The molecule has 174 valence electrons. The molecule has 1 amide bonds. The predicted molar refractivity (Wildman–Crippen MR) is 98.3 cm³/mol. The second-order valence-corrected chi connectivity index (χ2v) is 9.73. The van der Waals surface area contributed by atoms with Crippen LogP contribution in [-0.4, -0.2) is 55.9 Å². The minimum Gasteiger partial charge on any atom is -0.340 e. The monoisotopic (exact) mass is 472 g/mol. The van der Waals surface area contributed by atoms with Gasteiger partial charge in [-0.25, -0.2) is 8.42 Å². The van der Waals surface area contributed by atoms with Gasteiger partial charge in [-0.1, -0.05) is 12.8 Å². The number of alkyl halides is 6. The molecule has 0 N–H and O–H groups in total. The van der Waals surface area contributed by atoms with Gasteiger partial charge in [-0.2, -0.15) is 30.6 Å². The first kappa shape index (κ1) is 23.8. The van der Waals surface area contributed by atoms with Crippen LogP contribution in [0.15, 0.2) is 29.2 Å². The molecule has 12 heteroatoms. The Hall–Kier alpha value is -1.82. The summed E-state index contributed by atoms with van der Waals surface area (Å²) in [4.78, 5) is 13.7. The Balaban J connectivity index is 1.66. The van der Waals surface area contributed by atoms with Crippen LogP contribution in [-0.2, 0) is 21.0 Å². The van der Waals surface area contributed by atoms with Crippen molar-refractivity contribution >= 4 is 15.9 Å². The normalized spacial score (nSPS) is 24.3. The molecule has 1 aromatic rings. The van der Waals surface area contributed by atoms with Crippen LogP contribution in [0.25, 0.3) is 0 Å². The quantitative estimate of drug-likeness (QED) is 0.627. The van der Waals surface area contributed by atoms with E-state index < -0.39 is 45.7 Å². The largest absolute Gasteiger partial charge is 0.416 e. The zero-order valence-corrected chi connectivity index (χ0v) is 17.2. The fourth-order valence-electron chi connectivity index (χ4n) is 4.17. The third-order valence-electron chi connectivity index (χ3n) is 5.87. The van der Waals surface area contributed by atoms with Crippen molar-refractivity contribution in [2.75, 3.05) is 26.2 Å². The molecule has 1 aliphatic carbocycles. The van der Waals surface area contributed by atoms with Gasteiger partial charge >= 0.3 is 12.4 Å². The molecule has 0 bridgehead atoms. The lowest BCUT2D eigenvalue weighted by atomic mass is 9.78. The number of hydrogen-bond acceptors (Lipinski definition) is 3. The number of halogens is 6. The number of amides is 1. The summed E-state index contributed by atoms with van der Waals surface area (Å²) in [5.74, 6) is -3.47. The molecule has 3 rings (SSSR count). The molecular weight excluding hydrogens is 450 g/mol. The highest BCUT2D eigenvalue weighted by atomic mass is 32.2. The maximum Gasteiger partial charge on any atom is 0.416 e. The summed E-state index contributed by atoms with van der Waals surface area (Å²) in [5, 5.41) is 0. The van der Waals surface area contributed by atoms with E-state index in [2.05, 4.69) is 0 Å². The van der Waals surface area contributed by atoms with E-state index in [1.54, 1.807) is 0 Å². The van der Waals surface area contributed by atoms with Crippen molar-refractivity contribution in [1.29, 1.82) is 0 Å². The number of benzene rings is 1. The van der Waals surface area contributed by atoms with Gasteiger partial charge in [-0.3, -0.25) is 4.79 Å². The Labute approximate surface area is 176 Å². The zero-order valence-electron chi connectivity index (χ0n) is 16.4. The number of carbonyl (C=O) groups is 1. The molecule has 1 heterocycles. The number of rotatable bonds is 3. The minimum absolute atomic E-state index is 0.0697. The van der Waals surface area contributed by atoms with Crippen LogP contribution in [0.4, 0.5) is 26.3 Å². The summed E-state index contributed by atoms with van der Waals surface area (Å²) in [6.45, 7) is -0.420. The lowest BCUT2D eigenvalue weighted by Gasteiger charge is -2.39.